The molecule has 17 heavy (non-hydrogen) atoms. The molecule has 2 N–H and O–H groups in total. The zero-order valence-corrected chi connectivity index (χ0v) is 10.6. The summed E-state index contributed by atoms with van der Waals surface area (Å²) in [5.74, 6) is 0.674. The van der Waals surface area contributed by atoms with Crippen molar-refractivity contribution >= 4 is 27.4 Å². The lowest BCUT2D eigenvalue weighted by molar-refractivity contribution is 0.367. The van der Waals surface area contributed by atoms with Crippen molar-refractivity contribution in [3.63, 3.8) is 0 Å². The first-order valence-electron chi connectivity index (χ1n) is 5.84. The summed E-state index contributed by atoms with van der Waals surface area (Å²) in [4.78, 5) is 6.53. The molecule has 1 aliphatic rings. The number of nitrogens with zero attached hydrogens (tertiary/aromatic N) is 2. The predicted octanol–water partition coefficient (Wildman–Crippen LogP) is 2.59. The lowest BCUT2D eigenvalue weighted by Crippen LogP contribution is -2.35. The standard InChI is InChI=1S/C13H15N3S/c1-2-16-11(7-15-13(16)14)10-8-17-12-6-4-3-5-9(10)12/h3-6,8,11H,2,7H2,1H3,(H2,14,15). The average molecular weight is 245 g/mol. The number of hydrogen-bond donors (Lipinski definition) is 1. The number of guanidine groups is 1. The largest absolute Gasteiger partial charge is 0.370 e. The second kappa shape index (κ2) is 4.04. The first kappa shape index (κ1) is 10.6. The number of aliphatic imine (C=N–C) groups is 1. The Kier molecular flexibility index (Phi) is 2.52. The fourth-order valence-electron chi connectivity index (χ4n) is 2.43. The van der Waals surface area contributed by atoms with Crippen LogP contribution >= 0.6 is 11.3 Å². The maximum atomic E-state index is 5.91. The molecule has 0 fully saturated rings. The molecule has 1 aromatic heterocycles. The highest BCUT2D eigenvalue weighted by Crippen LogP contribution is 2.34. The van der Waals surface area contributed by atoms with E-state index in [0.717, 1.165) is 13.1 Å². The number of hydrogen-bond acceptors (Lipinski definition) is 4. The van der Waals surface area contributed by atoms with E-state index in [1.165, 1.54) is 15.6 Å². The third-order valence-corrected chi connectivity index (χ3v) is 4.29. The summed E-state index contributed by atoms with van der Waals surface area (Å²) >= 11 is 1.80. The lowest BCUT2D eigenvalue weighted by Gasteiger charge is -2.24. The van der Waals surface area contributed by atoms with Gasteiger partial charge in [0.25, 0.3) is 0 Å². The molecule has 2 heterocycles. The maximum absolute atomic E-state index is 5.91. The van der Waals surface area contributed by atoms with Gasteiger partial charge in [0.2, 0.25) is 0 Å². The van der Waals surface area contributed by atoms with Gasteiger partial charge in [-0.05, 0) is 29.3 Å². The Morgan fingerprint density at radius 1 is 1.47 bits per heavy atom. The fourth-order valence-corrected chi connectivity index (χ4v) is 3.44. The van der Waals surface area contributed by atoms with Gasteiger partial charge in [0, 0.05) is 11.2 Å². The second-order valence-corrected chi connectivity index (χ2v) is 5.10. The third kappa shape index (κ3) is 1.60. The van der Waals surface area contributed by atoms with E-state index in [9.17, 15) is 0 Å². The molecule has 88 valence electrons. The quantitative estimate of drug-likeness (QED) is 0.883. The van der Waals surface area contributed by atoms with E-state index in [4.69, 9.17) is 5.73 Å². The van der Waals surface area contributed by atoms with Crippen LogP contribution in [0.15, 0.2) is 34.6 Å². The van der Waals surface area contributed by atoms with E-state index in [1.807, 2.05) is 0 Å². The highest BCUT2D eigenvalue weighted by molar-refractivity contribution is 7.17. The summed E-state index contributed by atoms with van der Waals surface area (Å²) in [6.07, 6.45) is 0. The highest BCUT2D eigenvalue weighted by Gasteiger charge is 2.27. The van der Waals surface area contributed by atoms with Gasteiger partial charge >= 0.3 is 0 Å². The van der Waals surface area contributed by atoms with Crippen molar-refractivity contribution in [2.75, 3.05) is 13.1 Å². The van der Waals surface area contributed by atoms with Crippen molar-refractivity contribution < 1.29 is 0 Å². The van der Waals surface area contributed by atoms with Crippen molar-refractivity contribution in [2.24, 2.45) is 10.7 Å². The Morgan fingerprint density at radius 2 is 2.29 bits per heavy atom. The summed E-state index contributed by atoms with van der Waals surface area (Å²) < 4.78 is 1.34. The van der Waals surface area contributed by atoms with E-state index < -0.39 is 0 Å². The molecule has 0 amide bonds. The van der Waals surface area contributed by atoms with E-state index in [2.05, 4.69) is 46.5 Å². The first-order chi connectivity index (χ1) is 8.31. The number of benzene rings is 1. The molecular formula is C13H15N3S. The Balaban J connectivity index is 2.05. The summed E-state index contributed by atoms with van der Waals surface area (Å²) in [6.45, 7) is 3.81. The molecule has 0 saturated heterocycles. The van der Waals surface area contributed by atoms with Crippen molar-refractivity contribution in [1.29, 1.82) is 0 Å². The van der Waals surface area contributed by atoms with Crippen LogP contribution in [0.3, 0.4) is 0 Å². The molecule has 0 bridgehead atoms. The van der Waals surface area contributed by atoms with Gasteiger partial charge < -0.3 is 10.6 Å². The smallest absolute Gasteiger partial charge is 0.191 e. The van der Waals surface area contributed by atoms with Crippen LogP contribution in [0.25, 0.3) is 10.1 Å². The Bertz CT molecular complexity index is 573. The van der Waals surface area contributed by atoms with Crippen molar-refractivity contribution in [3.05, 3.63) is 35.2 Å². The molecule has 1 aromatic carbocycles. The molecule has 0 saturated carbocycles. The van der Waals surface area contributed by atoms with Gasteiger partial charge in [-0.15, -0.1) is 11.3 Å². The van der Waals surface area contributed by atoms with Gasteiger partial charge in [-0.25, -0.2) is 0 Å². The first-order valence-corrected chi connectivity index (χ1v) is 6.72. The van der Waals surface area contributed by atoms with Gasteiger partial charge in [-0.2, -0.15) is 0 Å². The normalized spacial score (nSPS) is 19.9. The number of rotatable bonds is 2. The lowest BCUT2D eigenvalue weighted by atomic mass is 10.1. The molecule has 2 aromatic rings. The van der Waals surface area contributed by atoms with Crippen LogP contribution in [-0.4, -0.2) is 23.9 Å². The second-order valence-electron chi connectivity index (χ2n) is 4.19. The molecule has 0 radical (unpaired) electrons. The van der Waals surface area contributed by atoms with E-state index in [0.29, 0.717) is 12.0 Å². The van der Waals surface area contributed by atoms with Crippen LogP contribution in [0, 0.1) is 0 Å². The molecule has 3 rings (SSSR count). The predicted molar refractivity (Wildman–Crippen MR) is 73.4 cm³/mol. The average Bonchev–Trinajstić information content (AvgIpc) is 2.92. The molecule has 1 unspecified atom stereocenters. The van der Waals surface area contributed by atoms with Gasteiger partial charge in [0.05, 0.1) is 12.6 Å². The van der Waals surface area contributed by atoms with Crippen LogP contribution < -0.4 is 5.73 Å². The van der Waals surface area contributed by atoms with E-state index in [-0.39, 0.29) is 0 Å². The minimum absolute atomic E-state index is 0.316. The Labute approximate surface area is 105 Å². The minimum atomic E-state index is 0.316. The molecule has 1 aliphatic heterocycles. The molecule has 4 heteroatoms. The van der Waals surface area contributed by atoms with Crippen LogP contribution in [0.4, 0.5) is 0 Å². The fraction of sp³-hybridized carbons (Fsp3) is 0.308. The van der Waals surface area contributed by atoms with Gasteiger partial charge in [-0.1, -0.05) is 18.2 Å². The zero-order valence-electron chi connectivity index (χ0n) is 9.76. The number of fused-ring (bicyclic) bond motifs is 1. The maximum Gasteiger partial charge on any atom is 0.191 e. The Morgan fingerprint density at radius 3 is 3.12 bits per heavy atom. The van der Waals surface area contributed by atoms with Gasteiger partial charge in [0.15, 0.2) is 5.96 Å². The summed E-state index contributed by atoms with van der Waals surface area (Å²) in [7, 11) is 0. The number of likely N-dealkylation sites (N-methyl/N-ethyl adjacent to an activating group) is 1. The molecule has 1 atom stereocenters. The summed E-state index contributed by atoms with van der Waals surface area (Å²) in [5.41, 5.74) is 7.27. The van der Waals surface area contributed by atoms with Crippen LogP contribution in [0.1, 0.15) is 18.5 Å². The monoisotopic (exact) mass is 245 g/mol. The number of nitrogens with two attached hydrogens (primary N) is 1. The SMILES string of the molecule is CCN1C(N)=NCC1c1csc2ccccc12. The highest BCUT2D eigenvalue weighted by atomic mass is 32.1. The minimum Gasteiger partial charge on any atom is -0.370 e. The van der Waals surface area contributed by atoms with Crippen LogP contribution in [-0.2, 0) is 0 Å². The van der Waals surface area contributed by atoms with Crippen molar-refractivity contribution in [3.8, 4) is 0 Å². The van der Waals surface area contributed by atoms with Gasteiger partial charge in [0.1, 0.15) is 0 Å². The molecule has 0 aliphatic carbocycles. The molecule has 0 spiro atoms. The van der Waals surface area contributed by atoms with E-state index in [1.54, 1.807) is 11.3 Å². The number of thiophene rings is 1. The molecule has 3 nitrogen and oxygen atoms in total. The van der Waals surface area contributed by atoms with Crippen LogP contribution in [0.5, 0.6) is 0 Å². The summed E-state index contributed by atoms with van der Waals surface area (Å²) in [5, 5.41) is 3.58. The van der Waals surface area contributed by atoms with Gasteiger partial charge in [-0.3, -0.25) is 4.99 Å². The van der Waals surface area contributed by atoms with Crippen LogP contribution in [0.2, 0.25) is 0 Å². The molecular weight excluding hydrogens is 230 g/mol. The topological polar surface area (TPSA) is 41.6 Å². The van der Waals surface area contributed by atoms with Crippen molar-refractivity contribution in [2.45, 2.75) is 13.0 Å². The third-order valence-electron chi connectivity index (χ3n) is 3.31. The summed E-state index contributed by atoms with van der Waals surface area (Å²) in [6, 6.07) is 8.84. The van der Waals surface area contributed by atoms with E-state index >= 15 is 0 Å². The Hall–Kier alpha value is -1.55. The zero-order chi connectivity index (χ0) is 11.8. The van der Waals surface area contributed by atoms with Crippen molar-refractivity contribution in [1.82, 2.24) is 4.90 Å².